The second kappa shape index (κ2) is 8.24. The van der Waals surface area contributed by atoms with Crippen molar-refractivity contribution in [3.8, 4) is 0 Å². The Morgan fingerprint density at radius 3 is 2.58 bits per heavy atom. The summed E-state index contributed by atoms with van der Waals surface area (Å²) in [6.07, 6.45) is 12.7. The van der Waals surface area contributed by atoms with Gasteiger partial charge in [-0.05, 0) is 81.0 Å². The van der Waals surface area contributed by atoms with Crippen LogP contribution in [0.5, 0.6) is 0 Å². The van der Waals surface area contributed by atoms with E-state index in [2.05, 4.69) is 47.6 Å². The van der Waals surface area contributed by atoms with Gasteiger partial charge in [-0.3, -0.25) is 4.79 Å². The third-order valence-electron chi connectivity index (χ3n) is 10.6. The summed E-state index contributed by atoms with van der Waals surface area (Å²) in [5.74, 6) is 1.76. The number of fused-ring (bicyclic) bond motifs is 5. The molecule has 33 heavy (non-hydrogen) atoms. The summed E-state index contributed by atoms with van der Waals surface area (Å²) < 4.78 is 0. The summed E-state index contributed by atoms with van der Waals surface area (Å²) in [6, 6.07) is 0. The molecule has 0 amide bonds. The molecule has 2 saturated carbocycles. The number of rotatable bonds is 5. The van der Waals surface area contributed by atoms with E-state index in [4.69, 9.17) is 5.11 Å². The lowest BCUT2D eigenvalue weighted by Crippen LogP contribution is -2.55. The number of ketones is 1. The number of hydrogen-bond donors (Lipinski definition) is 1. The molecule has 4 rings (SSSR count). The van der Waals surface area contributed by atoms with Crippen LogP contribution in [0, 0.1) is 39.9 Å². The van der Waals surface area contributed by atoms with Gasteiger partial charge in [0.05, 0.1) is 0 Å². The van der Waals surface area contributed by atoms with E-state index in [9.17, 15) is 9.59 Å². The summed E-state index contributed by atoms with van der Waals surface area (Å²) in [4.78, 5) is 23.9. The van der Waals surface area contributed by atoms with Gasteiger partial charge in [-0.15, -0.1) is 0 Å². The molecule has 0 bridgehead atoms. The molecule has 0 spiro atoms. The van der Waals surface area contributed by atoms with Crippen LogP contribution in [0.3, 0.4) is 0 Å². The number of Topliss-reactive ketones (excluding diaryl/α,β-unsaturated/α-hetero) is 1. The third-order valence-corrected chi connectivity index (χ3v) is 10.6. The van der Waals surface area contributed by atoms with Crippen LogP contribution in [0.25, 0.3) is 0 Å². The Bertz CT molecular complexity index is 948. The number of carboxylic acids is 1. The van der Waals surface area contributed by atoms with E-state index in [1.807, 2.05) is 6.08 Å². The first-order valence-electron chi connectivity index (χ1n) is 13.2. The maximum atomic E-state index is 12.8. The molecule has 0 aromatic heterocycles. The van der Waals surface area contributed by atoms with Crippen molar-refractivity contribution in [2.75, 3.05) is 0 Å². The molecular weight excluding hydrogens is 408 g/mol. The zero-order valence-corrected chi connectivity index (χ0v) is 21.9. The molecule has 0 aliphatic heterocycles. The standard InChI is InChI=1S/C30H44O3/c1-18(9-8-10-19(2)27(32)33)21-13-15-30(7)22-11-12-24-28(4,5)25(31)14-16-29(24,6)23(22)17-20(3)26(21)30/h10-11,18,20,23-24H,8-9,12-17H2,1-7H3,(H,32,33)/b19-10-/t18-,20-,23-,24+,29-,30+/m1/s1. The molecule has 1 N–H and O–H groups in total. The average Bonchev–Trinajstić information content (AvgIpc) is 3.11. The van der Waals surface area contributed by atoms with E-state index in [0.29, 0.717) is 35.0 Å². The third kappa shape index (κ3) is 3.69. The molecule has 3 nitrogen and oxygen atoms in total. The normalized spacial score (nSPS) is 38.9. The summed E-state index contributed by atoms with van der Waals surface area (Å²) in [6.45, 7) is 15.9. The molecule has 0 unspecified atom stereocenters. The Morgan fingerprint density at radius 1 is 1.21 bits per heavy atom. The van der Waals surface area contributed by atoms with Crippen molar-refractivity contribution in [2.45, 2.75) is 99.8 Å². The number of carboxylic acid groups (broad SMARTS) is 1. The van der Waals surface area contributed by atoms with Crippen molar-refractivity contribution in [1.82, 2.24) is 0 Å². The Hall–Kier alpha value is -1.64. The van der Waals surface area contributed by atoms with Gasteiger partial charge in [0.2, 0.25) is 0 Å². The van der Waals surface area contributed by atoms with Gasteiger partial charge in [0.25, 0.3) is 0 Å². The monoisotopic (exact) mass is 452 g/mol. The zero-order chi connectivity index (χ0) is 24.3. The molecule has 2 fully saturated rings. The zero-order valence-electron chi connectivity index (χ0n) is 21.9. The first kappa shape index (κ1) is 24.5. The summed E-state index contributed by atoms with van der Waals surface area (Å²) in [5, 5.41) is 9.14. The van der Waals surface area contributed by atoms with Crippen LogP contribution in [-0.2, 0) is 9.59 Å². The fraction of sp³-hybridized carbons (Fsp3) is 0.733. The van der Waals surface area contributed by atoms with Gasteiger partial charge in [-0.25, -0.2) is 4.79 Å². The highest BCUT2D eigenvalue weighted by Crippen LogP contribution is 2.68. The molecule has 0 aromatic carbocycles. The minimum atomic E-state index is -0.811. The highest BCUT2D eigenvalue weighted by Gasteiger charge is 2.60. The fourth-order valence-corrected chi connectivity index (χ4v) is 8.59. The van der Waals surface area contributed by atoms with Crippen molar-refractivity contribution in [2.24, 2.45) is 39.9 Å². The minimum absolute atomic E-state index is 0.165. The summed E-state index contributed by atoms with van der Waals surface area (Å²) in [7, 11) is 0. The van der Waals surface area contributed by atoms with E-state index in [1.165, 1.54) is 19.3 Å². The van der Waals surface area contributed by atoms with E-state index >= 15 is 0 Å². The van der Waals surface area contributed by atoms with Gasteiger partial charge in [0.1, 0.15) is 5.78 Å². The highest BCUT2D eigenvalue weighted by atomic mass is 16.4. The van der Waals surface area contributed by atoms with E-state index in [-0.39, 0.29) is 16.2 Å². The predicted molar refractivity (Wildman–Crippen MR) is 134 cm³/mol. The topological polar surface area (TPSA) is 54.4 Å². The lowest BCUT2D eigenvalue weighted by molar-refractivity contribution is -0.144. The number of allylic oxidation sites excluding steroid dienone is 5. The number of aliphatic carboxylic acids is 1. The maximum Gasteiger partial charge on any atom is 0.330 e. The molecule has 0 radical (unpaired) electrons. The van der Waals surface area contributed by atoms with Crippen LogP contribution in [0.15, 0.2) is 34.4 Å². The fourth-order valence-electron chi connectivity index (χ4n) is 8.59. The van der Waals surface area contributed by atoms with E-state index in [0.717, 1.165) is 32.1 Å². The molecule has 182 valence electrons. The van der Waals surface area contributed by atoms with Crippen LogP contribution in [0.1, 0.15) is 99.8 Å². The first-order valence-corrected chi connectivity index (χ1v) is 13.2. The Kier molecular flexibility index (Phi) is 6.11. The smallest absolute Gasteiger partial charge is 0.330 e. The van der Waals surface area contributed by atoms with Gasteiger partial charge in [-0.2, -0.15) is 0 Å². The molecule has 4 aliphatic carbocycles. The molecule has 6 atom stereocenters. The highest BCUT2D eigenvalue weighted by molar-refractivity contribution is 5.86. The predicted octanol–water partition coefficient (Wildman–Crippen LogP) is 7.53. The van der Waals surface area contributed by atoms with E-state index < -0.39 is 5.97 Å². The lowest BCUT2D eigenvalue weighted by atomic mass is 9.43. The van der Waals surface area contributed by atoms with Crippen molar-refractivity contribution in [3.63, 3.8) is 0 Å². The molecular formula is C30H44O3. The SMILES string of the molecule is C/C(=C/CC[C@@H](C)C1=C2[C@H](C)C[C@@H]3C(=CC[C@H]4C(C)(C)C(=O)CC[C@]34C)[C@]2(C)CC1)C(=O)O. The second-order valence-corrected chi connectivity index (χ2v) is 12.7. The largest absolute Gasteiger partial charge is 0.478 e. The van der Waals surface area contributed by atoms with Crippen molar-refractivity contribution in [1.29, 1.82) is 0 Å². The maximum absolute atomic E-state index is 12.8. The Morgan fingerprint density at radius 2 is 1.91 bits per heavy atom. The summed E-state index contributed by atoms with van der Waals surface area (Å²) >= 11 is 0. The van der Waals surface area contributed by atoms with Crippen LogP contribution in [-0.4, -0.2) is 16.9 Å². The van der Waals surface area contributed by atoms with E-state index in [1.54, 1.807) is 23.6 Å². The van der Waals surface area contributed by atoms with Gasteiger partial charge in [0, 0.05) is 22.8 Å². The lowest BCUT2D eigenvalue weighted by Gasteiger charge is -2.60. The summed E-state index contributed by atoms with van der Waals surface area (Å²) in [5.41, 5.74) is 5.65. The van der Waals surface area contributed by atoms with Gasteiger partial charge < -0.3 is 5.11 Å². The van der Waals surface area contributed by atoms with Gasteiger partial charge in [-0.1, -0.05) is 70.4 Å². The van der Waals surface area contributed by atoms with Crippen LogP contribution >= 0.6 is 0 Å². The van der Waals surface area contributed by atoms with Gasteiger partial charge in [0.15, 0.2) is 0 Å². The van der Waals surface area contributed by atoms with Crippen molar-refractivity contribution >= 4 is 11.8 Å². The minimum Gasteiger partial charge on any atom is -0.478 e. The quantitative estimate of drug-likeness (QED) is 0.346. The molecule has 3 heteroatoms. The second-order valence-electron chi connectivity index (χ2n) is 12.7. The molecule has 4 aliphatic rings. The number of carbonyl (C=O) groups is 2. The first-order chi connectivity index (χ1) is 15.3. The Balaban J connectivity index is 1.65. The van der Waals surface area contributed by atoms with Crippen molar-refractivity contribution in [3.05, 3.63) is 34.4 Å². The number of hydrogen-bond acceptors (Lipinski definition) is 2. The van der Waals surface area contributed by atoms with Crippen LogP contribution < -0.4 is 0 Å². The van der Waals surface area contributed by atoms with Gasteiger partial charge >= 0.3 is 5.97 Å². The Labute approximate surface area is 200 Å². The van der Waals surface area contributed by atoms with Crippen molar-refractivity contribution < 1.29 is 14.7 Å². The molecule has 0 saturated heterocycles. The molecule has 0 aromatic rings. The van der Waals surface area contributed by atoms with Crippen LogP contribution in [0.2, 0.25) is 0 Å². The molecule has 0 heterocycles. The number of carbonyl (C=O) groups excluding carboxylic acids is 1. The average molecular weight is 453 g/mol. The van der Waals surface area contributed by atoms with Crippen LogP contribution in [0.4, 0.5) is 0 Å².